The predicted molar refractivity (Wildman–Crippen MR) is 136 cm³/mol. The van der Waals surface area contributed by atoms with Gasteiger partial charge in [-0.1, -0.05) is 30.3 Å². The van der Waals surface area contributed by atoms with Crippen molar-refractivity contribution in [3.8, 4) is 0 Å². The Morgan fingerprint density at radius 1 is 0.846 bits per heavy atom. The summed E-state index contributed by atoms with van der Waals surface area (Å²) < 4.78 is 40.3. The quantitative estimate of drug-likeness (QED) is 0.350. The highest BCUT2D eigenvalue weighted by Crippen LogP contribution is 2.27. The molecule has 0 spiro atoms. The van der Waals surface area contributed by atoms with Crippen LogP contribution in [0.15, 0.2) is 72.9 Å². The predicted octanol–water partition coefficient (Wildman–Crippen LogP) is 3.86. The normalized spacial score (nSPS) is 14.0. The highest BCUT2D eigenvalue weighted by atomic mass is 19.4. The number of hydrogen-bond acceptors (Lipinski definition) is 5. The maximum absolute atomic E-state index is 12.9. The molecule has 1 aliphatic heterocycles. The lowest BCUT2D eigenvalue weighted by molar-refractivity contribution is -0.141. The second-order valence-corrected chi connectivity index (χ2v) is 9.26. The minimum absolute atomic E-state index is 0.0176. The number of amides is 2. The number of benzene rings is 2. The van der Waals surface area contributed by atoms with Crippen LogP contribution in [0.5, 0.6) is 0 Å². The van der Waals surface area contributed by atoms with E-state index in [0.717, 1.165) is 12.1 Å². The van der Waals surface area contributed by atoms with Crippen molar-refractivity contribution in [1.82, 2.24) is 24.6 Å². The van der Waals surface area contributed by atoms with E-state index in [4.69, 9.17) is 0 Å². The van der Waals surface area contributed by atoms with Crippen LogP contribution in [0.25, 0.3) is 10.9 Å². The number of halogens is 3. The summed E-state index contributed by atoms with van der Waals surface area (Å²) in [4.78, 5) is 45.0. The highest BCUT2D eigenvalue weighted by molar-refractivity contribution is 5.96. The van der Waals surface area contributed by atoms with E-state index in [1.54, 1.807) is 46.3 Å². The Bertz CT molecular complexity index is 1530. The van der Waals surface area contributed by atoms with Crippen molar-refractivity contribution in [3.05, 3.63) is 95.4 Å². The first-order chi connectivity index (χ1) is 18.7. The molecule has 1 fully saturated rings. The van der Waals surface area contributed by atoms with E-state index in [9.17, 15) is 27.6 Å². The Morgan fingerprint density at radius 3 is 2.28 bits per heavy atom. The van der Waals surface area contributed by atoms with E-state index in [1.807, 2.05) is 18.2 Å². The van der Waals surface area contributed by atoms with Gasteiger partial charge >= 0.3 is 6.18 Å². The first-order valence-corrected chi connectivity index (χ1v) is 12.3. The zero-order chi connectivity index (χ0) is 27.6. The standard InChI is InChI=1S/C28H24F3N5O3/c29-28(30,31)25-8-4-7-23(32-25)24(37)16-19-9-10-22-21(15-19)17-36(33-22)18-26(38)34-11-13-35(14-12-34)27(39)20-5-2-1-3-6-20/h1-10,15,17H,11-14,16,18H2. The first-order valence-electron chi connectivity index (χ1n) is 12.3. The number of piperazine rings is 1. The Kier molecular flexibility index (Phi) is 7.14. The van der Waals surface area contributed by atoms with Gasteiger partial charge in [0.15, 0.2) is 5.78 Å². The number of alkyl halides is 3. The summed E-state index contributed by atoms with van der Waals surface area (Å²) in [6.07, 6.45) is -3.06. The van der Waals surface area contributed by atoms with Gasteiger partial charge in [-0.15, -0.1) is 0 Å². The smallest absolute Gasteiger partial charge is 0.338 e. The second-order valence-electron chi connectivity index (χ2n) is 9.26. The van der Waals surface area contributed by atoms with Crippen LogP contribution >= 0.6 is 0 Å². The third-order valence-corrected chi connectivity index (χ3v) is 6.54. The molecule has 8 nitrogen and oxygen atoms in total. The number of Topliss-reactive ketones (excluding diaryl/α,β-unsaturated/α-hetero) is 1. The molecule has 0 atom stereocenters. The molecule has 2 amide bonds. The average molecular weight is 536 g/mol. The van der Waals surface area contributed by atoms with E-state index < -0.39 is 17.7 Å². The zero-order valence-corrected chi connectivity index (χ0v) is 20.8. The van der Waals surface area contributed by atoms with Gasteiger partial charge in [0.05, 0.1) is 5.52 Å². The summed E-state index contributed by atoms with van der Waals surface area (Å²) in [6.45, 7) is 1.75. The van der Waals surface area contributed by atoms with Gasteiger partial charge in [0, 0.05) is 49.7 Å². The van der Waals surface area contributed by atoms with E-state index in [2.05, 4.69) is 10.1 Å². The van der Waals surface area contributed by atoms with Crippen LogP contribution in [-0.2, 0) is 23.9 Å². The number of pyridine rings is 1. The molecule has 200 valence electrons. The Hall–Kier alpha value is -4.54. The third kappa shape index (κ3) is 5.97. The molecule has 0 N–H and O–H groups in total. The average Bonchev–Trinajstić information content (AvgIpc) is 3.34. The van der Waals surface area contributed by atoms with Crippen molar-refractivity contribution in [2.24, 2.45) is 0 Å². The SMILES string of the molecule is O=C(Cc1ccc2nn(CC(=O)N3CCN(C(=O)c4ccccc4)CC3)cc2c1)c1cccc(C(F)(F)F)n1. The first kappa shape index (κ1) is 26.1. The number of rotatable bonds is 6. The number of ketones is 1. The van der Waals surface area contributed by atoms with Crippen LogP contribution in [0.4, 0.5) is 13.2 Å². The molecule has 11 heteroatoms. The van der Waals surface area contributed by atoms with Crippen molar-refractivity contribution in [2.75, 3.05) is 26.2 Å². The van der Waals surface area contributed by atoms with Crippen LogP contribution in [0.3, 0.4) is 0 Å². The molecule has 1 aliphatic rings. The molecular formula is C28H24F3N5O3. The minimum Gasteiger partial charge on any atom is -0.338 e. The number of fused-ring (bicyclic) bond motifs is 1. The fourth-order valence-corrected chi connectivity index (χ4v) is 4.50. The lowest BCUT2D eigenvalue weighted by Crippen LogP contribution is -2.51. The van der Waals surface area contributed by atoms with Crippen molar-refractivity contribution >= 4 is 28.5 Å². The zero-order valence-electron chi connectivity index (χ0n) is 20.8. The fourth-order valence-electron chi connectivity index (χ4n) is 4.50. The molecule has 1 saturated heterocycles. The molecule has 0 radical (unpaired) electrons. The topological polar surface area (TPSA) is 88.4 Å². The lowest BCUT2D eigenvalue weighted by atomic mass is 10.0. The van der Waals surface area contributed by atoms with E-state index >= 15 is 0 Å². The highest BCUT2D eigenvalue weighted by Gasteiger charge is 2.33. The summed E-state index contributed by atoms with van der Waals surface area (Å²) in [5.41, 5.74) is 0.467. The van der Waals surface area contributed by atoms with Crippen molar-refractivity contribution in [2.45, 2.75) is 19.1 Å². The molecule has 0 bridgehead atoms. The molecule has 0 saturated carbocycles. The number of aromatic nitrogens is 3. The summed E-state index contributed by atoms with van der Waals surface area (Å²) in [6, 6.07) is 17.4. The maximum Gasteiger partial charge on any atom is 0.433 e. The fraction of sp³-hybridized carbons (Fsp3) is 0.250. The van der Waals surface area contributed by atoms with Gasteiger partial charge in [-0.05, 0) is 42.0 Å². The largest absolute Gasteiger partial charge is 0.433 e. The van der Waals surface area contributed by atoms with E-state index in [-0.39, 0.29) is 30.5 Å². The Balaban J connectivity index is 1.19. The minimum atomic E-state index is -4.63. The van der Waals surface area contributed by atoms with Gasteiger partial charge in [-0.2, -0.15) is 18.3 Å². The lowest BCUT2D eigenvalue weighted by Gasteiger charge is -2.34. The maximum atomic E-state index is 12.9. The number of hydrogen-bond donors (Lipinski definition) is 0. The third-order valence-electron chi connectivity index (χ3n) is 6.54. The summed E-state index contributed by atoms with van der Waals surface area (Å²) in [5, 5.41) is 5.13. The molecular weight excluding hydrogens is 511 g/mol. The van der Waals surface area contributed by atoms with Gasteiger partial charge in [0.1, 0.15) is 17.9 Å². The van der Waals surface area contributed by atoms with Crippen molar-refractivity contribution < 1.29 is 27.6 Å². The number of carbonyl (C=O) groups is 3. The monoisotopic (exact) mass is 535 g/mol. The van der Waals surface area contributed by atoms with Crippen LogP contribution < -0.4 is 0 Å². The molecule has 3 heterocycles. The van der Waals surface area contributed by atoms with Gasteiger partial charge in [0.25, 0.3) is 5.91 Å². The van der Waals surface area contributed by atoms with Gasteiger partial charge in [0.2, 0.25) is 5.91 Å². The number of carbonyl (C=O) groups excluding carboxylic acids is 3. The molecule has 0 aliphatic carbocycles. The molecule has 0 unspecified atom stereocenters. The van der Waals surface area contributed by atoms with Gasteiger partial charge < -0.3 is 9.80 Å². The summed E-state index contributed by atoms with van der Waals surface area (Å²) in [7, 11) is 0. The van der Waals surface area contributed by atoms with E-state index in [1.165, 1.54) is 10.7 Å². The van der Waals surface area contributed by atoms with Crippen LogP contribution in [0, 0.1) is 0 Å². The van der Waals surface area contributed by atoms with Crippen LogP contribution in [0.2, 0.25) is 0 Å². The summed E-state index contributed by atoms with van der Waals surface area (Å²) in [5.74, 6) is -0.715. The molecule has 2 aromatic heterocycles. The Morgan fingerprint density at radius 2 is 1.56 bits per heavy atom. The van der Waals surface area contributed by atoms with Gasteiger partial charge in [-0.25, -0.2) is 4.98 Å². The van der Waals surface area contributed by atoms with Crippen LogP contribution in [0.1, 0.15) is 32.1 Å². The molecule has 2 aromatic carbocycles. The second kappa shape index (κ2) is 10.7. The molecule has 5 rings (SSSR count). The molecule has 4 aromatic rings. The Labute approximate surface area is 221 Å². The summed E-state index contributed by atoms with van der Waals surface area (Å²) >= 11 is 0. The van der Waals surface area contributed by atoms with Gasteiger partial charge in [-0.3, -0.25) is 19.1 Å². The molecule has 39 heavy (non-hydrogen) atoms. The van der Waals surface area contributed by atoms with E-state index in [0.29, 0.717) is 48.2 Å². The van der Waals surface area contributed by atoms with Crippen LogP contribution in [-0.4, -0.2) is 68.3 Å². The van der Waals surface area contributed by atoms with Crippen molar-refractivity contribution in [1.29, 1.82) is 0 Å². The number of nitrogens with zero attached hydrogens (tertiary/aromatic N) is 5. The van der Waals surface area contributed by atoms with Crippen molar-refractivity contribution in [3.63, 3.8) is 0 Å².